The highest BCUT2D eigenvalue weighted by atomic mass is 15.2. The van der Waals surface area contributed by atoms with Crippen LogP contribution in [0.2, 0.25) is 0 Å². The quantitative estimate of drug-likeness (QED) is 0.816. The SMILES string of the molecule is C[C@@H]1C[C@@H](C)N1Cc1cccc(N2[C@H](C)C[C@H]2C)c1. The summed E-state index contributed by atoms with van der Waals surface area (Å²) >= 11 is 0. The molecule has 0 amide bonds. The van der Waals surface area contributed by atoms with Crippen molar-refractivity contribution < 1.29 is 0 Å². The lowest BCUT2D eigenvalue weighted by Gasteiger charge is -2.48. The van der Waals surface area contributed by atoms with Crippen molar-refractivity contribution in [1.82, 2.24) is 4.90 Å². The fraction of sp³-hybridized carbons (Fsp3) is 0.647. The molecule has 0 N–H and O–H groups in total. The fourth-order valence-corrected chi connectivity index (χ4v) is 3.92. The van der Waals surface area contributed by atoms with E-state index < -0.39 is 0 Å². The summed E-state index contributed by atoms with van der Waals surface area (Å²) in [6.45, 7) is 10.4. The van der Waals surface area contributed by atoms with Crippen LogP contribution in [0.1, 0.15) is 46.1 Å². The molecule has 0 bridgehead atoms. The van der Waals surface area contributed by atoms with Crippen molar-refractivity contribution in [3.8, 4) is 0 Å². The highest BCUT2D eigenvalue weighted by Gasteiger charge is 2.33. The summed E-state index contributed by atoms with van der Waals surface area (Å²) in [4.78, 5) is 5.15. The monoisotopic (exact) mass is 258 g/mol. The minimum atomic E-state index is 0.701. The zero-order chi connectivity index (χ0) is 13.6. The molecule has 104 valence electrons. The molecule has 2 saturated heterocycles. The molecule has 2 heterocycles. The van der Waals surface area contributed by atoms with E-state index >= 15 is 0 Å². The molecule has 2 aliphatic heterocycles. The van der Waals surface area contributed by atoms with Crippen LogP contribution in [0.25, 0.3) is 0 Å². The average Bonchev–Trinajstić information content (AvgIpc) is 2.36. The minimum absolute atomic E-state index is 0.701. The summed E-state index contributed by atoms with van der Waals surface area (Å²) in [6, 6.07) is 12.1. The number of nitrogens with zero attached hydrogens (tertiary/aromatic N) is 2. The van der Waals surface area contributed by atoms with E-state index in [1.807, 2.05) is 0 Å². The van der Waals surface area contributed by atoms with Crippen molar-refractivity contribution in [3.63, 3.8) is 0 Å². The fourth-order valence-electron chi connectivity index (χ4n) is 3.92. The summed E-state index contributed by atoms with van der Waals surface area (Å²) in [6.07, 6.45) is 2.67. The van der Waals surface area contributed by atoms with Crippen LogP contribution in [0.15, 0.2) is 24.3 Å². The van der Waals surface area contributed by atoms with Gasteiger partial charge in [0.2, 0.25) is 0 Å². The Kier molecular flexibility index (Phi) is 3.30. The molecule has 1 aromatic rings. The Balaban J connectivity index is 1.73. The second-order valence-electron chi connectivity index (χ2n) is 6.62. The van der Waals surface area contributed by atoms with Gasteiger partial charge in [-0.2, -0.15) is 0 Å². The number of likely N-dealkylation sites (tertiary alicyclic amines) is 1. The molecule has 3 rings (SSSR count). The molecule has 0 aliphatic carbocycles. The summed E-state index contributed by atoms with van der Waals surface area (Å²) in [5.74, 6) is 0. The number of hydrogen-bond acceptors (Lipinski definition) is 2. The van der Waals surface area contributed by atoms with Gasteiger partial charge in [0.15, 0.2) is 0 Å². The smallest absolute Gasteiger partial charge is 0.0374 e. The molecule has 0 radical (unpaired) electrons. The standard InChI is InChI=1S/C17H26N2/c1-12-8-13(2)18(12)11-16-6-5-7-17(10-16)19-14(3)9-15(19)4/h5-7,10,12-15H,8-9,11H2,1-4H3/t12-,13-,14-,15-/m1/s1. The van der Waals surface area contributed by atoms with Gasteiger partial charge in [-0.15, -0.1) is 0 Å². The number of rotatable bonds is 3. The molecule has 1 aromatic carbocycles. The highest BCUT2D eigenvalue weighted by Crippen LogP contribution is 2.33. The van der Waals surface area contributed by atoms with E-state index in [-0.39, 0.29) is 0 Å². The molecule has 2 heteroatoms. The predicted molar refractivity (Wildman–Crippen MR) is 81.5 cm³/mol. The van der Waals surface area contributed by atoms with Crippen LogP contribution in [0.4, 0.5) is 5.69 Å². The molecular formula is C17H26N2. The zero-order valence-electron chi connectivity index (χ0n) is 12.6. The maximum Gasteiger partial charge on any atom is 0.0374 e. The van der Waals surface area contributed by atoms with Gasteiger partial charge in [0.05, 0.1) is 0 Å². The molecule has 0 aromatic heterocycles. The first-order valence-electron chi connectivity index (χ1n) is 7.69. The van der Waals surface area contributed by atoms with Gasteiger partial charge in [-0.1, -0.05) is 12.1 Å². The summed E-state index contributed by atoms with van der Waals surface area (Å²) in [7, 11) is 0. The van der Waals surface area contributed by atoms with Crippen LogP contribution in [-0.4, -0.2) is 29.1 Å². The maximum absolute atomic E-state index is 2.60. The van der Waals surface area contributed by atoms with E-state index in [1.54, 1.807) is 0 Å². The van der Waals surface area contributed by atoms with E-state index in [0.717, 1.165) is 18.6 Å². The van der Waals surface area contributed by atoms with E-state index in [0.29, 0.717) is 12.1 Å². The van der Waals surface area contributed by atoms with Crippen molar-refractivity contribution in [1.29, 1.82) is 0 Å². The zero-order valence-corrected chi connectivity index (χ0v) is 12.6. The van der Waals surface area contributed by atoms with Crippen LogP contribution < -0.4 is 4.90 Å². The molecule has 4 atom stereocenters. The van der Waals surface area contributed by atoms with Crippen LogP contribution >= 0.6 is 0 Å². The van der Waals surface area contributed by atoms with Gasteiger partial charge >= 0.3 is 0 Å². The summed E-state index contributed by atoms with van der Waals surface area (Å²) in [5, 5.41) is 0. The molecule has 2 fully saturated rings. The third-order valence-electron chi connectivity index (χ3n) is 5.02. The van der Waals surface area contributed by atoms with Gasteiger partial charge in [0, 0.05) is 36.4 Å². The third-order valence-corrected chi connectivity index (χ3v) is 5.02. The molecular weight excluding hydrogens is 232 g/mol. The van der Waals surface area contributed by atoms with Crippen molar-refractivity contribution in [2.45, 2.75) is 71.2 Å². The minimum Gasteiger partial charge on any atom is -0.366 e. The predicted octanol–water partition coefficient (Wildman–Crippen LogP) is 3.66. The lowest BCUT2D eigenvalue weighted by Crippen LogP contribution is -2.53. The maximum atomic E-state index is 2.60. The van der Waals surface area contributed by atoms with E-state index in [1.165, 1.54) is 24.1 Å². The second-order valence-corrected chi connectivity index (χ2v) is 6.62. The Hall–Kier alpha value is -1.02. The van der Waals surface area contributed by atoms with Crippen LogP contribution in [0.5, 0.6) is 0 Å². The van der Waals surface area contributed by atoms with E-state index in [9.17, 15) is 0 Å². The number of hydrogen-bond donors (Lipinski definition) is 0. The Morgan fingerprint density at radius 3 is 2.16 bits per heavy atom. The summed E-state index contributed by atoms with van der Waals surface area (Å²) < 4.78 is 0. The molecule has 0 unspecified atom stereocenters. The van der Waals surface area contributed by atoms with Gasteiger partial charge in [-0.25, -0.2) is 0 Å². The number of benzene rings is 1. The molecule has 2 nitrogen and oxygen atoms in total. The van der Waals surface area contributed by atoms with Crippen LogP contribution in [0, 0.1) is 0 Å². The topological polar surface area (TPSA) is 6.48 Å². The first-order valence-corrected chi connectivity index (χ1v) is 7.69. The van der Waals surface area contributed by atoms with Crippen molar-refractivity contribution in [2.75, 3.05) is 4.90 Å². The van der Waals surface area contributed by atoms with Crippen LogP contribution in [-0.2, 0) is 6.54 Å². The normalized spacial score (nSPS) is 34.8. The van der Waals surface area contributed by atoms with E-state index in [2.05, 4.69) is 61.8 Å². The van der Waals surface area contributed by atoms with Crippen LogP contribution in [0.3, 0.4) is 0 Å². The van der Waals surface area contributed by atoms with Gasteiger partial charge in [-0.3, -0.25) is 4.90 Å². The van der Waals surface area contributed by atoms with Gasteiger partial charge in [0.1, 0.15) is 0 Å². The lowest BCUT2D eigenvalue weighted by molar-refractivity contribution is 0.0296. The molecule has 0 saturated carbocycles. The van der Waals surface area contributed by atoms with Gasteiger partial charge in [-0.05, 0) is 58.2 Å². The molecule has 19 heavy (non-hydrogen) atoms. The largest absolute Gasteiger partial charge is 0.366 e. The van der Waals surface area contributed by atoms with Crippen molar-refractivity contribution in [2.24, 2.45) is 0 Å². The number of anilines is 1. The highest BCUT2D eigenvalue weighted by molar-refractivity contribution is 5.52. The first kappa shape index (κ1) is 13.0. The van der Waals surface area contributed by atoms with Gasteiger partial charge in [0.25, 0.3) is 0 Å². The Morgan fingerprint density at radius 1 is 0.947 bits per heavy atom. The Labute approximate surface area is 117 Å². The lowest BCUT2D eigenvalue weighted by atomic mass is 9.93. The van der Waals surface area contributed by atoms with Crippen molar-refractivity contribution >= 4 is 5.69 Å². The first-order chi connectivity index (χ1) is 9.06. The average molecular weight is 258 g/mol. The molecule has 2 aliphatic rings. The second kappa shape index (κ2) is 4.82. The molecule has 0 spiro atoms. The Morgan fingerprint density at radius 2 is 1.58 bits per heavy atom. The summed E-state index contributed by atoms with van der Waals surface area (Å²) in [5.41, 5.74) is 2.87. The Bertz CT molecular complexity index is 440. The third kappa shape index (κ3) is 2.27. The van der Waals surface area contributed by atoms with Gasteiger partial charge < -0.3 is 4.90 Å². The van der Waals surface area contributed by atoms with Crippen molar-refractivity contribution in [3.05, 3.63) is 29.8 Å². The van der Waals surface area contributed by atoms with E-state index in [4.69, 9.17) is 0 Å².